The first-order valence-corrected chi connectivity index (χ1v) is 5.60. The lowest BCUT2D eigenvalue weighted by atomic mass is 10.0. The lowest BCUT2D eigenvalue weighted by Gasteiger charge is -2.26. The van der Waals surface area contributed by atoms with Gasteiger partial charge in [-0.15, -0.1) is 0 Å². The molecule has 0 aliphatic carbocycles. The second-order valence-corrected chi connectivity index (χ2v) is 4.37. The average Bonchev–Trinajstić information content (AvgIpc) is 2.95. The van der Waals surface area contributed by atoms with Crippen LogP contribution in [0.1, 0.15) is 16.1 Å². The topological polar surface area (TPSA) is 95.5 Å². The van der Waals surface area contributed by atoms with Crippen LogP contribution in [-0.2, 0) is 9.53 Å². The maximum Gasteiger partial charge on any atom is 0.311 e. The van der Waals surface area contributed by atoms with E-state index in [0.717, 1.165) is 0 Å². The van der Waals surface area contributed by atoms with Crippen molar-refractivity contribution in [2.24, 2.45) is 5.92 Å². The minimum atomic E-state index is -0.943. The van der Waals surface area contributed by atoms with Gasteiger partial charge in [0.15, 0.2) is 0 Å². The van der Waals surface area contributed by atoms with Crippen LogP contribution in [0, 0.1) is 12.8 Å². The maximum absolute atomic E-state index is 12.2. The highest BCUT2D eigenvalue weighted by atomic mass is 16.5. The molecule has 7 heteroatoms. The molecule has 2 N–H and O–H groups in total. The highest BCUT2D eigenvalue weighted by Crippen LogP contribution is 2.21. The molecule has 1 aromatic rings. The number of aromatic amines is 1. The molecule has 0 spiro atoms. The van der Waals surface area contributed by atoms with Crippen LogP contribution in [0.4, 0.5) is 0 Å². The molecule has 1 aliphatic rings. The molecule has 2 unspecified atom stereocenters. The van der Waals surface area contributed by atoms with Crippen LogP contribution < -0.4 is 0 Å². The number of H-pyrrole nitrogens is 1. The summed E-state index contributed by atoms with van der Waals surface area (Å²) in [4.78, 5) is 24.7. The Morgan fingerprint density at radius 2 is 2.28 bits per heavy atom. The second kappa shape index (κ2) is 4.77. The number of hydrogen-bond acceptors (Lipinski definition) is 4. The molecular weight excluding hydrogens is 238 g/mol. The van der Waals surface area contributed by atoms with Gasteiger partial charge in [0, 0.05) is 12.7 Å². The van der Waals surface area contributed by atoms with Crippen LogP contribution in [0.25, 0.3) is 0 Å². The molecule has 98 valence electrons. The van der Waals surface area contributed by atoms with E-state index >= 15 is 0 Å². The first-order valence-electron chi connectivity index (χ1n) is 5.60. The summed E-state index contributed by atoms with van der Waals surface area (Å²) in [6, 6.07) is -0.440. The Hall–Kier alpha value is -1.89. The van der Waals surface area contributed by atoms with E-state index < -0.39 is 17.9 Å². The number of nitrogens with one attached hydrogen (secondary N) is 1. The number of aryl methyl sites for hydroxylation is 1. The third-order valence-electron chi connectivity index (χ3n) is 3.25. The zero-order valence-electron chi connectivity index (χ0n) is 10.2. The molecule has 0 bridgehead atoms. The Morgan fingerprint density at radius 3 is 2.83 bits per heavy atom. The minimum absolute atomic E-state index is 0.141. The number of carbonyl (C=O) groups excluding carboxylic acids is 1. The minimum Gasteiger partial charge on any atom is -0.481 e. The molecule has 0 aromatic carbocycles. The molecule has 1 aromatic heterocycles. The van der Waals surface area contributed by atoms with Gasteiger partial charge in [0.25, 0.3) is 5.91 Å². The molecule has 2 atom stereocenters. The van der Waals surface area contributed by atoms with E-state index in [1.54, 1.807) is 14.0 Å². The van der Waals surface area contributed by atoms with E-state index in [9.17, 15) is 9.59 Å². The number of ether oxygens (including phenoxy) is 1. The summed E-state index contributed by atoms with van der Waals surface area (Å²) in [5.74, 6) is -1.87. The van der Waals surface area contributed by atoms with E-state index in [1.807, 2.05) is 0 Å². The monoisotopic (exact) mass is 253 g/mol. The molecule has 18 heavy (non-hydrogen) atoms. The predicted molar refractivity (Wildman–Crippen MR) is 61.2 cm³/mol. The van der Waals surface area contributed by atoms with Crippen molar-refractivity contribution in [1.29, 1.82) is 0 Å². The number of rotatable bonds is 3. The Kier molecular flexibility index (Phi) is 3.33. The Bertz CT molecular complexity index is 471. The van der Waals surface area contributed by atoms with Gasteiger partial charge in [-0.3, -0.25) is 14.7 Å². The number of aromatic nitrogens is 2. The quantitative estimate of drug-likeness (QED) is 0.783. The van der Waals surface area contributed by atoms with Gasteiger partial charge in [-0.25, -0.2) is 0 Å². The van der Waals surface area contributed by atoms with E-state index in [-0.39, 0.29) is 19.1 Å². The van der Waals surface area contributed by atoms with Gasteiger partial charge < -0.3 is 14.7 Å². The summed E-state index contributed by atoms with van der Waals surface area (Å²) in [6.45, 7) is 2.13. The van der Waals surface area contributed by atoms with Crippen LogP contribution in [0.2, 0.25) is 0 Å². The Balaban J connectivity index is 2.16. The van der Waals surface area contributed by atoms with Crippen LogP contribution in [0.3, 0.4) is 0 Å². The summed E-state index contributed by atoms with van der Waals surface area (Å²) in [5, 5.41) is 15.5. The Labute approximate surface area is 104 Å². The van der Waals surface area contributed by atoms with Crippen molar-refractivity contribution in [1.82, 2.24) is 15.1 Å². The van der Waals surface area contributed by atoms with Crippen LogP contribution in [0.15, 0.2) is 6.20 Å². The number of amides is 1. The fraction of sp³-hybridized carbons (Fsp3) is 0.545. The standard InChI is InChI=1S/C11H15N3O4/c1-6-7(3-12-13-6)10(15)14(2)9-5-18-4-8(9)11(16)17/h3,8-9H,4-5H2,1-2H3,(H,12,13)(H,16,17). The van der Waals surface area contributed by atoms with Gasteiger partial charge in [-0.2, -0.15) is 5.10 Å². The Morgan fingerprint density at radius 1 is 1.56 bits per heavy atom. The van der Waals surface area contributed by atoms with Crippen LogP contribution in [-0.4, -0.2) is 58.4 Å². The summed E-state index contributed by atoms with van der Waals surface area (Å²) in [6.07, 6.45) is 1.44. The molecule has 1 aliphatic heterocycles. The molecule has 1 amide bonds. The van der Waals surface area contributed by atoms with E-state index in [4.69, 9.17) is 9.84 Å². The fourth-order valence-corrected chi connectivity index (χ4v) is 2.07. The van der Waals surface area contributed by atoms with Crippen LogP contribution in [0.5, 0.6) is 0 Å². The molecular formula is C11H15N3O4. The molecule has 1 fully saturated rings. The lowest BCUT2D eigenvalue weighted by molar-refractivity contribution is -0.142. The zero-order valence-corrected chi connectivity index (χ0v) is 10.2. The molecule has 0 saturated carbocycles. The summed E-state index contributed by atoms with van der Waals surface area (Å²) >= 11 is 0. The smallest absolute Gasteiger partial charge is 0.311 e. The normalized spacial score (nSPS) is 23.0. The summed E-state index contributed by atoms with van der Waals surface area (Å²) < 4.78 is 5.15. The second-order valence-electron chi connectivity index (χ2n) is 4.37. The van der Waals surface area contributed by atoms with Gasteiger partial charge in [-0.1, -0.05) is 0 Å². The number of hydrogen-bond donors (Lipinski definition) is 2. The van der Waals surface area contributed by atoms with Crippen molar-refractivity contribution in [3.63, 3.8) is 0 Å². The van der Waals surface area contributed by atoms with Gasteiger partial charge >= 0.3 is 5.97 Å². The third-order valence-corrected chi connectivity index (χ3v) is 3.25. The van der Waals surface area contributed by atoms with E-state index in [2.05, 4.69) is 10.2 Å². The first-order chi connectivity index (χ1) is 8.52. The third kappa shape index (κ3) is 2.08. The predicted octanol–water partition coefficient (Wildman–Crippen LogP) is -0.110. The molecule has 2 rings (SSSR count). The van der Waals surface area contributed by atoms with Crippen molar-refractivity contribution in [3.8, 4) is 0 Å². The van der Waals surface area contributed by atoms with Gasteiger partial charge in [0.1, 0.15) is 5.92 Å². The van der Waals surface area contributed by atoms with Gasteiger partial charge in [0.05, 0.1) is 31.0 Å². The number of carboxylic acids is 1. The number of likely N-dealkylation sites (N-methyl/N-ethyl adjacent to an activating group) is 1. The SMILES string of the molecule is Cc1[nH]ncc1C(=O)N(C)C1COCC1C(=O)O. The van der Waals surface area contributed by atoms with Gasteiger partial charge in [-0.05, 0) is 6.92 Å². The number of nitrogens with zero attached hydrogens (tertiary/aromatic N) is 2. The van der Waals surface area contributed by atoms with Crippen molar-refractivity contribution in [2.75, 3.05) is 20.3 Å². The lowest BCUT2D eigenvalue weighted by Crippen LogP contribution is -2.44. The number of carboxylic acid groups (broad SMARTS) is 1. The zero-order chi connectivity index (χ0) is 13.3. The summed E-state index contributed by atoms with van der Waals surface area (Å²) in [7, 11) is 1.59. The van der Waals surface area contributed by atoms with Crippen molar-refractivity contribution >= 4 is 11.9 Å². The highest BCUT2D eigenvalue weighted by Gasteiger charge is 2.39. The maximum atomic E-state index is 12.2. The number of carbonyl (C=O) groups is 2. The molecule has 1 saturated heterocycles. The highest BCUT2D eigenvalue weighted by molar-refractivity contribution is 5.95. The average molecular weight is 253 g/mol. The summed E-state index contributed by atoms with van der Waals surface area (Å²) in [5.41, 5.74) is 1.12. The molecule has 2 heterocycles. The molecule has 0 radical (unpaired) electrons. The van der Waals surface area contributed by atoms with Crippen molar-refractivity contribution in [2.45, 2.75) is 13.0 Å². The van der Waals surface area contributed by atoms with Crippen LogP contribution >= 0.6 is 0 Å². The van der Waals surface area contributed by atoms with E-state index in [1.165, 1.54) is 11.1 Å². The van der Waals surface area contributed by atoms with E-state index in [0.29, 0.717) is 11.3 Å². The van der Waals surface area contributed by atoms with Crippen molar-refractivity contribution in [3.05, 3.63) is 17.5 Å². The van der Waals surface area contributed by atoms with Gasteiger partial charge in [0.2, 0.25) is 0 Å². The number of aliphatic carboxylic acids is 1. The molecule has 7 nitrogen and oxygen atoms in total. The fourth-order valence-electron chi connectivity index (χ4n) is 2.07. The van der Waals surface area contributed by atoms with Crippen molar-refractivity contribution < 1.29 is 19.4 Å². The first kappa shape index (κ1) is 12.6. The largest absolute Gasteiger partial charge is 0.481 e.